The van der Waals surface area contributed by atoms with Gasteiger partial charge in [-0.3, -0.25) is 0 Å². The third kappa shape index (κ3) is 2.03. The van der Waals surface area contributed by atoms with Crippen LogP contribution < -0.4 is 9.47 Å². The van der Waals surface area contributed by atoms with Crippen molar-refractivity contribution in [3.05, 3.63) is 94.0 Å². The van der Waals surface area contributed by atoms with E-state index in [1.165, 1.54) is 33.4 Å². The van der Waals surface area contributed by atoms with Crippen molar-refractivity contribution in [1.29, 1.82) is 0 Å². The van der Waals surface area contributed by atoms with Crippen molar-refractivity contribution >= 4 is 0 Å². The average molecular weight is 372 g/mol. The predicted molar refractivity (Wildman–Crippen MR) is 110 cm³/mol. The molecule has 3 aliphatic carbocycles. The fraction of sp³-hybridized carbons (Fsp3) is 0.280. The highest BCUT2D eigenvalue weighted by molar-refractivity contribution is 5.76. The first kappa shape index (κ1) is 17.3. The first-order chi connectivity index (χ1) is 13.8. The molecule has 0 saturated heterocycles. The van der Waals surface area contributed by atoms with Crippen LogP contribution in [0.3, 0.4) is 0 Å². The van der Waals surface area contributed by atoms with E-state index in [0.717, 1.165) is 17.9 Å². The van der Waals surface area contributed by atoms with Gasteiger partial charge in [-0.2, -0.15) is 0 Å². The second-order valence-electron chi connectivity index (χ2n) is 7.60. The Kier molecular flexibility index (Phi) is 3.95. The van der Waals surface area contributed by atoms with Crippen molar-refractivity contribution < 1.29 is 14.6 Å². The summed E-state index contributed by atoms with van der Waals surface area (Å²) in [5.41, 5.74) is 7.37. The number of ether oxygens (including phenoxy) is 2. The van der Waals surface area contributed by atoms with Gasteiger partial charge in [0.15, 0.2) is 0 Å². The molecule has 3 aromatic rings. The van der Waals surface area contributed by atoms with E-state index in [1.54, 1.807) is 14.2 Å². The van der Waals surface area contributed by atoms with Crippen LogP contribution in [-0.2, 0) is 5.41 Å². The highest BCUT2D eigenvalue weighted by Crippen LogP contribution is 2.64. The first-order valence-electron chi connectivity index (χ1n) is 9.83. The third-order valence-corrected chi connectivity index (χ3v) is 6.50. The Balaban J connectivity index is 1.97. The van der Waals surface area contributed by atoms with Crippen LogP contribution in [0.2, 0.25) is 0 Å². The molecular weight excluding hydrogens is 348 g/mol. The minimum absolute atomic E-state index is 0.128. The van der Waals surface area contributed by atoms with Crippen molar-refractivity contribution in [2.24, 2.45) is 0 Å². The molecule has 0 saturated carbocycles. The number of rotatable bonds is 5. The highest BCUT2D eigenvalue weighted by Gasteiger charge is 2.53. The van der Waals surface area contributed by atoms with Crippen molar-refractivity contribution in [3.8, 4) is 11.5 Å². The highest BCUT2D eigenvalue weighted by atomic mass is 16.5. The van der Waals surface area contributed by atoms with Crippen LogP contribution in [0.15, 0.2) is 60.7 Å². The molecule has 142 valence electrons. The molecule has 0 aromatic heterocycles. The summed E-state index contributed by atoms with van der Waals surface area (Å²) in [6, 6.07) is 21.5. The summed E-state index contributed by atoms with van der Waals surface area (Å²) in [4.78, 5) is 0. The molecule has 0 amide bonds. The van der Waals surface area contributed by atoms with Gasteiger partial charge in [-0.15, -0.1) is 0 Å². The maximum absolute atomic E-state index is 9.73. The Morgan fingerprint density at radius 1 is 0.821 bits per heavy atom. The predicted octanol–water partition coefficient (Wildman–Crippen LogP) is 4.62. The van der Waals surface area contributed by atoms with Crippen LogP contribution in [0.5, 0.6) is 11.5 Å². The van der Waals surface area contributed by atoms with E-state index >= 15 is 0 Å². The molecule has 28 heavy (non-hydrogen) atoms. The lowest BCUT2D eigenvalue weighted by Crippen LogP contribution is -2.42. The van der Waals surface area contributed by atoms with Crippen LogP contribution in [0.4, 0.5) is 0 Å². The summed E-state index contributed by atoms with van der Waals surface area (Å²) in [6.45, 7) is 0.164. The Morgan fingerprint density at radius 3 is 1.96 bits per heavy atom. The Hall–Kier alpha value is -2.78. The van der Waals surface area contributed by atoms with Gasteiger partial charge < -0.3 is 14.6 Å². The summed E-state index contributed by atoms with van der Waals surface area (Å²) in [5, 5.41) is 9.73. The van der Waals surface area contributed by atoms with Gasteiger partial charge in [0.25, 0.3) is 0 Å². The number of benzene rings is 3. The molecule has 3 aromatic carbocycles. The minimum atomic E-state index is -0.347. The van der Waals surface area contributed by atoms with Crippen LogP contribution in [0.25, 0.3) is 0 Å². The second-order valence-corrected chi connectivity index (χ2v) is 7.60. The summed E-state index contributed by atoms with van der Waals surface area (Å²) >= 11 is 0. The molecular formula is C25H24O3. The lowest BCUT2D eigenvalue weighted by molar-refractivity contribution is 0.271. The summed E-state index contributed by atoms with van der Waals surface area (Å²) in [7, 11) is 3.48. The van der Waals surface area contributed by atoms with Crippen LogP contribution in [0.1, 0.15) is 52.1 Å². The van der Waals surface area contributed by atoms with E-state index in [9.17, 15) is 5.11 Å². The van der Waals surface area contributed by atoms with Crippen LogP contribution in [-0.4, -0.2) is 25.9 Å². The first-order valence-corrected chi connectivity index (χ1v) is 9.83. The van der Waals surface area contributed by atoms with E-state index in [-0.39, 0.29) is 17.9 Å². The topological polar surface area (TPSA) is 38.7 Å². The van der Waals surface area contributed by atoms with E-state index in [2.05, 4.69) is 48.5 Å². The lowest BCUT2D eigenvalue weighted by atomic mass is 9.51. The molecule has 3 heteroatoms. The number of aliphatic hydroxyl groups is 1. The molecule has 0 atom stereocenters. The number of methoxy groups -OCH3 is 2. The molecule has 0 radical (unpaired) electrons. The molecule has 0 unspecified atom stereocenters. The Morgan fingerprint density at radius 2 is 1.39 bits per heavy atom. The van der Waals surface area contributed by atoms with Crippen molar-refractivity contribution in [3.63, 3.8) is 0 Å². The van der Waals surface area contributed by atoms with Gasteiger partial charge in [0.05, 0.1) is 14.2 Å². The zero-order valence-corrected chi connectivity index (χ0v) is 16.2. The van der Waals surface area contributed by atoms with Crippen LogP contribution in [0, 0.1) is 0 Å². The number of aliphatic hydroxyl groups excluding tert-OH is 1. The quantitative estimate of drug-likeness (QED) is 0.710. The molecule has 3 nitrogen and oxygen atoms in total. The molecule has 3 aliphatic rings. The van der Waals surface area contributed by atoms with Gasteiger partial charge in [-0.1, -0.05) is 48.5 Å². The molecule has 0 spiro atoms. The Labute approximate surface area is 165 Å². The smallest absolute Gasteiger partial charge is 0.123 e. The molecule has 6 rings (SSSR count). The van der Waals surface area contributed by atoms with Gasteiger partial charge >= 0.3 is 0 Å². The van der Waals surface area contributed by atoms with Gasteiger partial charge in [0, 0.05) is 29.1 Å². The maximum Gasteiger partial charge on any atom is 0.123 e. The monoisotopic (exact) mass is 372 g/mol. The summed E-state index contributed by atoms with van der Waals surface area (Å²) < 4.78 is 11.7. The fourth-order valence-electron chi connectivity index (χ4n) is 5.56. The summed E-state index contributed by atoms with van der Waals surface area (Å²) in [5.74, 6) is 1.92. The number of hydrogen-bond acceptors (Lipinski definition) is 3. The zero-order chi connectivity index (χ0) is 19.3. The molecule has 2 bridgehead atoms. The van der Waals surface area contributed by atoms with Crippen molar-refractivity contribution in [2.45, 2.75) is 24.2 Å². The zero-order valence-electron chi connectivity index (χ0n) is 16.2. The van der Waals surface area contributed by atoms with Crippen molar-refractivity contribution in [2.75, 3.05) is 20.8 Å². The Bertz CT molecular complexity index is 1010. The van der Waals surface area contributed by atoms with Gasteiger partial charge in [-0.25, -0.2) is 0 Å². The third-order valence-electron chi connectivity index (χ3n) is 6.50. The lowest BCUT2D eigenvalue weighted by Gasteiger charge is -2.51. The molecule has 0 heterocycles. The second kappa shape index (κ2) is 6.39. The molecule has 0 aliphatic heterocycles. The van der Waals surface area contributed by atoms with E-state index in [1.807, 2.05) is 12.1 Å². The molecule has 0 fully saturated rings. The minimum Gasteiger partial charge on any atom is -0.496 e. The normalized spacial score (nSPS) is 20.9. The van der Waals surface area contributed by atoms with Gasteiger partial charge in [-0.05, 0) is 47.2 Å². The van der Waals surface area contributed by atoms with E-state index in [0.29, 0.717) is 6.42 Å². The van der Waals surface area contributed by atoms with E-state index < -0.39 is 0 Å². The summed E-state index contributed by atoms with van der Waals surface area (Å²) in [6.07, 6.45) is 1.54. The van der Waals surface area contributed by atoms with Crippen molar-refractivity contribution in [1.82, 2.24) is 0 Å². The fourth-order valence-corrected chi connectivity index (χ4v) is 5.56. The largest absolute Gasteiger partial charge is 0.496 e. The standard InChI is InChI=1S/C25H24O3/c1-27-20-12-13-21(28-2)24-23(20)22-16-8-3-5-10-18(16)25(24,14-7-15-26)19-11-6-4-9-17(19)22/h3-6,8-13,22,26H,7,14-15H2,1-2H3. The van der Waals surface area contributed by atoms with E-state index in [4.69, 9.17) is 9.47 Å². The van der Waals surface area contributed by atoms with Gasteiger partial charge in [0.2, 0.25) is 0 Å². The van der Waals surface area contributed by atoms with Crippen LogP contribution >= 0.6 is 0 Å². The average Bonchev–Trinajstić information content (AvgIpc) is 2.76. The maximum atomic E-state index is 9.73. The van der Waals surface area contributed by atoms with Gasteiger partial charge in [0.1, 0.15) is 11.5 Å². The SMILES string of the molecule is COc1ccc(OC)c2c1C1c3ccccc3C2(CCCO)c2ccccc21. The number of hydrogen-bond donors (Lipinski definition) is 1. The molecule has 1 N–H and O–H groups in total.